The molecule has 110 valence electrons. The van der Waals surface area contributed by atoms with Crippen LogP contribution in [0.3, 0.4) is 0 Å². The molecule has 0 spiro atoms. The molecule has 0 radical (unpaired) electrons. The molecule has 6 nitrogen and oxygen atoms in total. The minimum absolute atomic E-state index is 0.268. The van der Waals surface area contributed by atoms with Crippen molar-refractivity contribution in [3.05, 3.63) is 16.6 Å². The van der Waals surface area contributed by atoms with Gasteiger partial charge in [-0.3, -0.25) is 4.79 Å². The lowest BCUT2D eigenvalue weighted by Gasteiger charge is -2.29. The Morgan fingerprint density at radius 2 is 2.25 bits per heavy atom. The van der Waals surface area contributed by atoms with Crippen LogP contribution in [-0.4, -0.2) is 40.1 Å². The number of rotatable bonds is 6. The van der Waals surface area contributed by atoms with E-state index in [1.165, 1.54) is 16.2 Å². The van der Waals surface area contributed by atoms with Crippen molar-refractivity contribution in [1.29, 1.82) is 0 Å². The molecular weight excluding hydrogens is 278 g/mol. The van der Waals surface area contributed by atoms with Crippen molar-refractivity contribution >= 4 is 23.3 Å². The maximum Gasteiger partial charge on any atom is 0.323 e. The van der Waals surface area contributed by atoms with Crippen LogP contribution in [0.25, 0.3) is 0 Å². The van der Waals surface area contributed by atoms with Crippen molar-refractivity contribution in [3.63, 3.8) is 0 Å². The van der Waals surface area contributed by atoms with Gasteiger partial charge in [0, 0.05) is 18.1 Å². The van der Waals surface area contributed by atoms with Crippen molar-refractivity contribution in [2.24, 2.45) is 5.92 Å². The van der Waals surface area contributed by atoms with E-state index in [2.05, 4.69) is 10.3 Å². The second kappa shape index (κ2) is 5.78. The molecule has 0 unspecified atom stereocenters. The molecule has 2 rings (SSSR count). The Morgan fingerprint density at radius 1 is 1.55 bits per heavy atom. The number of carbonyl (C=O) groups is 2. The zero-order chi connectivity index (χ0) is 14.8. The highest BCUT2D eigenvalue weighted by Gasteiger charge is 2.32. The predicted molar refractivity (Wildman–Crippen MR) is 75.6 cm³/mol. The highest BCUT2D eigenvalue weighted by molar-refractivity contribution is 7.09. The van der Waals surface area contributed by atoms with Crippen LogP contribution >= 0.6 is 11.3 Å². The summed E-state index contributed by atoms with van der Waals surface area (Å²) in [5.41, 5.74) is -0.606. The van der Waals surface area contributed by atoms with Crippen LogP contribution in [0.5, 0.6) is 0 Å². The molecule has 1 saturated carbocycles. The van der Waals surface area contributed by atoms with E-state index in [1.54, 1.807) is 6.20 Å². The fourth-order valence-electron chi connectivity index (χ4n) is 1.93. The summed E-state index contributed by atoms with van der Waals surface area (Å²) >= 11 is 1.46. The third-order valence-corrected chi connectivity index (χ3v) is 4.27. The molecule has 1 aromatic heterocycles. The summed E-state index contributed by atoms with van der Waals surface area (Å²) in [7, 11) is 0. The fraction of sp³-hybridized carbons (Fsp3) is 0.615. The molecule has 1 aromatic rings. The van der Waals surface area contributed by atoms with Crippen molar-refractivity contribution in [3.8, 4) is 0 Å². The van der Waals surface area contributed by atoms with E-state index >= 15 is 0 Å². The van der Waals surface area contributed by atoms with E-state index in [0.717, 1.165) is 17.8 Å². The Kier molecular flexibility index (Phi) is 4.27. The Morgan fingerprint density at radius 3 is 2.75 bits per heavy atom. The van der Waals surface area contributed by atoms with Crippen LogP contribution in [0.1, 0.15) is 31.7 Å². The number of amides is 2. The van der Waals surface area contributed by atoms with Crippen molar-refractivity contribution in [2.45, 2.75) is 32.2 Å². The Bertz CT molecular complexity index is 483. The average Bonchev–Trinajstić information content (AvgIpc) is 2.97. The number of aromatic nitrogens is 1. The van der Waals surface area contributed by atoms with E-state index in [4.69, 9.17) is 5.11 Å². The number of thiazole rings is 1. The number of urea groups is 1. The molecule has 20 heavy (non-hydrogen) atoms. The molecule has 0 saturated heterocycles. The van der Waals surface area contributed by atoms with Gasteiger partial charge in [0.1, 0.15) is 11.6 Å². The van der Waals surface area contributed by atoms with Crippen LogP contribution in [0.15, 0.2) is 11.6 Å². The number of aliphatic carboxylic acids is 1. The Labute approximate surface area is 121 Å². The molecular formula is C13H19N3O3S. The standard InChI is InChI=1S/C13H19N3O3S/c1-13(2,11-14-5-6-20-11)15-12(19)16(8-10(17)18)7-9-3-4-9/h5-6,9H,3-4,7-8H2,1-2H3,(H,15,19)(H,17,18). The molecule has 2 N–H and O–H groups in total. The van der Waals surface area contributed by atoms with E-state index in [0.29, 0.717) is 12.5 Å². The van der Waals surface area contributed by atoms with Crippen LogP contribution in [0, 0.1) is 5.92 Å². The highest BCUT2D eigenvalue weighted by atomic mass is 32.1. The molecule has 1 fully saturated rings. The van der Waals surface area contributed by atoms with Gasteiger partial charge in [0.15, 0.2) is 0 Å². The van der Waals surface area contributed by atoms with E-state index in [1.807, 2.05) is 19.2 Å². The summed E-state index contributed by atoms with van der Waals surface area (Å²) in [6.45, 7) is 3.96. The summed E-state index contributed by atoms with van der Waals surface area (Å²) < 4.78 is 0. The molecule has 1 aliphatic carbocycles. The summed E-state index contributed by atoms with van der Waals surface area (Å²) in [4.78, 5) is 28.7. The first-order chi connectivity index (χ1) is 9.38. The van der Waals surface area contributed by atoms with E-state index < -0.39 is 11.5 Å². The third-order valence-electron chi connectivity index (χ3n) is 3.18. The second-order valence-corrected chi connectivity index (χ2v) is 6.50. The normalized spacial score (nSPS) is 14.9. The zero-order valence-electron chi connectivity index (χ0n) is 11.6. The molecule has 1 heterocycles. The van der Waals surface area contributed by atoms with Gasteiger partial charge in [0.05, 0.1) is 5.54 Å². The maximum absolute atomic E-state index is 12.3. The summed E-state index contributed by atoms with van der Waals surface area (Å²) in [6, 6.07) is -0.348. The molecule has 0 atom stereocenters. The van der Waals surface area contributed by atoms with Gasteiger partial charge < -0.3 is 15.3 Å². The molecule has 1 aliphatic rings. The molecule has 0 aliphatic heterocycles. The SMILES string of the molecule is CC(C)(NC(=O)N(CC(=O)O)CC1CC1)c1nccs1. The summed E-state index contributed by atoms with van der Waals surface area (Å²) in [5, 5.41) is 14.4. The van der Waals surface area contributed by atoms with Gasteiger partial charge in [0.2, 0.25) is 0 Å². The first-order valence-electron chi connectivity index (χ1n) is 6.57. The van der Waals surface area contributed by atoms with Gasteiger partial charge >= 0.3 is 12.0 Å². The molecule has 0 bridgehead atoms. The van der Waals surface area contributed by atoms with Crippen LogP contribution in [0.2, 0.25) is 0 Å². The predicted octanol–water partition coefficient (Wildman–Crippen LogP) is 1.88. The first kappa shape index (κ1) is 14.8. The topological polar surface area (TPSA) is 82.5 Å². The third kappa shape index (κ3) is 3.93. The lowest BCUT2D eigenvalue weighted by molar-refractivity contribution is -0.137. The largest absolute Gasteiger partial charge is 0.480 e. The number of hydrogen-bond acceptors (Lipinski definition) is 4. The lowest BCUT2D eigenvalue weighted by atomic mass is 10.1. The van der Waals surface area contributed by atoms with Crippen LogP contribution < -0.4 is 5.32 Å². The molecule has 0 aromatic carbocycles. The smallest absolute Gasteiger partial charge is 0.323 e. The van der Waals surface area contributed by atoms with Crippen LogP contribution in [0.4, 0.5) is 4.79 Å². The molecule has 7 heteroatoms. The van der Waals surface area contributed by atoms with Gasteiger partial charge in [-0.1, -0.05) is 0 Å². The van der Waals surface area contributed by atoms with Crippen molar-refractivity contribution in [1.82, 2.24) is 15.2 Å². The van der Waals surface area contributed by atoms with E-state index in [9.17, 15) is 9.59 Å². The monoisotopic (exact) mass is 297 g/mol. The van der Waals surface area contributed by atoms with Gasteiger partial charge in [0.25, 0.3) is 0 Å². The number of nitrogens with one attached hydrogen (secondary N) is 1. The van der Waals surface area contributed by atoms with Crippen LogP contribution in [-0.2, 0) is 10.3 Å². The zero-order valence-corrected chi connectivity index (χ0v) is 12.4. The maximum atomic E-state index is 12.3. The van der Waals surface area contributed by atoms with Crippen molar-refractivity contribution < 1.29 is 14.7 Å². The summed E-state index contributed by atoms with van der Waals surface area (Å²) in [6.07, 6.45) is 3.83. The fourth-order valence-corrected chi connectivity index (χ4v) is 2.64. The first-order valence-corrected chi connectivity index (χ1v) is 7.45. The minimum atomic E-state index is -0.993. The Balaban J connectivity index is 2.01. The number of carbonyl (C=O) groups excluding carboxylic acids is 1. The quantitative estimate of drug-likeness (QED) is 0.840. The van der Waals surface area contributed by atoms with E-state index in [-0.39, 0.29) is 12.6 Å². The van der Waals surface area contributed by atoms with Gasteiger partial charge in [-0.25, -0.2) is 9.78 Å². The number of carboxylic acids is 1. The second-order valence-electron chi connectivity index (χ2n) is 5.61. The number of hydrogen-bond donors (Lipinski definition) is 2. The van der Waals surface area contributed by atoms with Gasteiger partial charge in [-0.05, 0) is 32.6 Å². The number of carboxylic acid groups (broad SMARTS) is 1. The van der Waals surface area contributed by atoms with Gasteiger partial charge in [-0.2, -0.15) is 0 Å². The lowest BCUT2D eigenvalue weighted by Crippen LogP contribution is -2.50. The average molecular weight is 297 g/mol. The summed E-state index contributed by atoms with van der Waals surface area (Å²) in [5.74, 6) is -0.545. The highest BCUT2D eigenvalue weighted by Crippen LogP contribution is 2.30. The Hall–Kier alpha value is -1.63. The van der Waals surface area contributed by atoms with Crippen molar-refractivity contribution in [2.75, 3.05) is 13.1 Å². The minimum Gasteiger partial charge on any atom is -0.480 e. The van der Waals surface area contributed by atoms with Gasteiger partial charge in [-0.15, -0.1) is 11.3 Å². The number of nitrogens with zero attached hydrogens (tertiary/aromatic N) is 2. The molecule has 2 amide bonds.